The van der Waals surface area contributed by atoms with Gasteiger partial charge in [-0.25, -0.2) is 8.42 Å². The van der Waals surface area contributed by atoms with E-state index in [4.69, 9.17) is 0 Å². The molecule has 0 bridgehead atoms. The fraction of sp³-hybridized carbons (Fsp3) is 0.714. The lowest BCUT2D eigenvalue weighted by atomic mass is 9.94. The summed E-state index contributed by atoms with van der Waals surface area (Å²) < 4.78 is 22.9. The molecule has 0 N–H and O–H groups in total. The summed E-state index contributed by atoms with van der Waals surface area (Å²) in [5, 5.41) is 0. The largest absolute Gasteiger partial charge is 0.297 e. The highest BCUT2D eigenvalue weighted by atomic mass is 32.2. The van der Waals surface area contributed by atoms with Crippen LogP contribution < -0.4 is 0 Å². The van der Waals surface area contributed by atoms with Gasteiger partial charge in [-0.1, -0.05) is 20.8 Å². The molecular weight excluding hydrogens is 278 g/mol. The Hall–Kier alpha value is -0.390. The summed E-state index contributed by atoms with van der Waals surface area (Å²) in [6.07, 6.45) is 0. The third kappa shape index (κ3) is 3.80. The van der Waals surface area contributed by atoms with Crippen molar-refractivity contribution < 1.29 is 8.42 Å². The summed E-state index contributed by atoms with van der Waals surface area (Å²) in [6.45, 7) is 11.1. The Labute approximate surface area is 120 Å². The Morgan fingerprint density at radius 1 is 1.26 bits per heavy atom. The van der Waals surface area contributed by atoms with Gasteiger partial charge in [0.2, 0.25) is 0 Å². The first-order chi connectivity index (χ1) is 8.67. The van der Waals surface area contributed by atoms with Crippen molar-refractivity contribution in [3.05, 3.63) is 21.4 Å². The van der Waals surface area contributed by atoms with E-state index in [1.165, 1.54) is 15.3 Å². The van der Waals surface area contributed by atoms with E-state index in [-0.39, 0.29) is 5.41 Å². The van der Waals surface area contributed by atoms with Crippen molar-refractivity contribution in [2.24, 2.45) is 0 Å². The molecule has 108 valence electrons. The van der Waals surface area contributed by atoms with E-state index in [1.807, 2.05) is 11.3 Å². The molecule has 0 amide bonds. The summed E-state index contributed by atoms with van der Waals surface area (Å²) in [5.41, 5.74) is 1.55. The van der Waals surface area contributed by atoms with Crippen LogP contribution in [0.2, 0.25) is 0 Å². The normalized spacial score (nSPS) is 20.6. The van der Waals surface area contributed by atoms with E-state index in [0.717, 1.165) is 6.54 Å². The first-order valence-corrected chi connectivity index (χ1v) is 9.34. The number of hydrogen-bond acceptors (Lipinski definition) is 4. The minimum absolute atomic E-state index is 0.193. The van der Waals surface area contributed by atoms with Crippen LogP contribution in [0.4, 0.5) is 0 Å². The minimum atomic E-state index is -2.78. The smallest absolute Gasteiger partial charge is 0.152 e. The van der Waals surface area contributed by atoms with Crippen LogP contribution >= 0.6 is 11.3 Å². The second-order valence-electron chi connectivity index (χ2n) is 6.37. The average Bonchev–Trinajstić information content (AvgIpc) is 2.63. The van der Waals surface area contributed by atoms with Crippen LogP contribution in [0.25, 0.3) is 0 Å². The van der Waals surface area contributed by atoms with E-state index >= 15 is 0 Å². The van der Waals surface area contributed by atoms with Gasteiger partial charge in [-0.05, 0) is 24.0 Å². The molecule has 0 atom stereocenters. The van der Waals surface area contributed by atoms with Crippen LogP contribution in [0.5, 0.6) is 0 Å². The van der Waals surface area contributed by atoms with Crippen LogP contribution in [0, 0.1) is 6.92 Å². The molecule has 2 rings (SSSR count). The van der Waals surface area contributed by atoms with Crippen molar-refractivity contribution in [2.45, 2.75) is 39.7 Å². The van der Waals surface area contributed by atoms with Crippen LogP contribution in [0.3, 0.4) is 0 Å². The molecule has 0 saturated carbocycles. The molecule has 1 saturated heterocycles. The Morgan fingerprint density at radius 2 is 1.84 bits per heavy atom. The Kier molecular flexibility index (Phi) is 4.10. The molecule has 1 aliphatic heterocycles. The third-order valence-corrected chi connectivity index (χ3v) is 6.72. The number of rotatable bonds is 2. The molecule has 5 heteroatoms. The summed E-state index contributed by atoms with van der Waals surface area (Å²) in [7, 11) is -2.78. The van der Waals surface area contributed by atoms with Crippen molar-refractivity contribution in [3.8, 4) is 0 Å². The SMILES string of the molecule is Cc1sc(C(C)(C)C)cc1CN1CCS(=O)(=O)CC1. The maximum absolute atomic E-state index is 11.4. The average molecular weight is 301 g/mol. The number of nitrogens with zero attached hydrogens (tertiary/aromatic N) is 1. The minimum Gasteiger partial charge on any atom is -0.297 e. The van der Waals surface area contributed by atoms with Crippen molar-refractivity contribution in [1.29, 1.82) is 0 Å². The Bertz CT molecular complexity index is 538. The van der Waals surface area contributed by atoms with Gasteiger partial charge in [0, 0.05) is 29.4 Å². The van der Waals surface area contributed by atoms with E-state index in [2.05, 4.69) is 38.7 Å². The van der Waals surface area contributed by atoms with E-state index in [9.17, 15) is 8.42 Å². The molecule has 3 nitrogen and oxygen atoms in total. The fourth-order valence-corrected chi connectivity index (χ4v) is 4.56. The molecule has 0 radical (unpaired) electrons. The second kappa shape index (κ2) is 5.19. The van der Waals surface area contributed by atoms with Crippen molar-refractivity contribution in [1.82, 2.24) is 4.90 Å². The zero-order valence-corrected chi connectivity index (χ0v) is 13.8. The number of hydrogen-bond donors (Lipinski definition) is 0. The number of thiophene rings is 1. The topological polar surface area (TPSA) is 37.4 Å². The highest BCUT2D eigenvalue weighted by Crippen LogP contribution is 2.32. The summed E-state index contributed by atoms with van der Waals surface area (Å²) in [5.74, 6) is 0.616. The van der Waals surface area contributed by atoms with E-state index < -0.39 is 9.84 Å². The molecule has 1 aliphatic rings. The molecule has 0 spiro atoms. The van der Waals surface area contributed by atoms with E-state index in [1.54, 1.807) is 0 Å². The fourth-order valence-electron chi connectivity index (χ4n) is 2.20. The molecule has 1 aromatic rings. The highest BCUT2D eigenvalue weighted by Gasteiger charge is 2.23. The van der Waals surface area contributed by atoms with Gasteiger partial charge in [-0.3, -0.25) is 4.90 Å². The van der Waals surface area contributed by atoms with Crippen molar-refractivity contribution in [3.63, 3.8) is 0 Å². The quantitative estimate of drug-likeness (QED) is 0.842. The van der Waals surface area contributed by atoms with Gasteiger partial charge >= 0.3 is 0 Å². The first-order valence-electron chi connectivity index (χ1n) is 6.70. The van der Waals surface area contributed by atoms with Crippen molar-refractivity contribution >= 4 is 21.2 Å². The zero-order chi connectivity index (χ0) is 14.3. The van der Waals surface area contributed by atoms with Crippen LogP contribution in [0.1, 0.15) is 36.1 Å². The Balaban J connectivity index is 2.06. The maximum atomic E-state index is 11.4. The van der Waals surface area contributed by atoms with Gasteiger partial charge in [0.15, 0.2) is 9.84 Å². The molecule has 0 aliphatic carbocycles. The predicted octanol–water partition coefficient (Wildman–Crippen LogP) is 2.58. The summed E-state index contributed by atoms with van der Waals surface area (Å²) in [6, 6.07) is 2.29. The van der Waals surface area contributed by atoms with Gasteiger partial charge in [0.05, 0.1) is 11.5 Å². The molecular formula is C14H23NO2S2. The first kappa shape index (κ1) is 15.0. The Morgan fingerprint density at radius 3 is 2.32 bits per heavy atom. The highest BCUT2D eigenvalue weighted by molar-refractivity contribution is 7.91. The lowest BCUT2D eigenvalue weighted by molar-refractivity contribution is 0.287. The van der Waals surface area contributed by atoms with Gasteiger partial charge < -0.3 is 0 Å². The van der Waals surface area contributed by atoms with Gasteiger partial charge in [0.25, 0.3) is 0 Å². The zero-order valence-electron chi connectivity index (χ0n) is 12.2. The maximum Gasteiger partial charge on any atom is 0.152 e. The molecule has 1 aromatic heterocycles. The lowest BCUT2D eigenvalue weighted by Gasteiger charge is -2.26. The summed E-state index contributed by atoms with van der Waals surface area (Å²) >= 11 is 1.86. The number of sulfone groups is 1. The third-order valence-electron chi connectivity index (χ3n) is 3.59. The van der Waals surface area contributed by atoms with E-state index in [0.29, 0.717) is 24.6 Å². The number of aryl methyl sites for hydroxylation is 1. The monoisotopic (exact) mass is 301 g/mol. The van der Waals surface area contributed by atoms with Gasteiger partial charge in [-0.15, -0.1) is 11.3 Å². The second-order valence-corrected chi connectivity index (χ2v) is 9.93. The molecule has 19 heavy (non-hydrogen) atoms. The van der Waals surface area contributed by atoms with Gasteiger partial charge in [0.1, 0.15) is 0 Å². The molecule has 2 heterocycles. The lowest BCUT2D eigenvalue weighted by Crippen LogP contribution is -2.39. The predicted molar refractivity (Wildman–Crippen MR) is 81.7 cm³/mol. The molecule has 1 fully saturated rings. The van der Waals surface area contributed by atoms with Crippen LogP contribution in [0.15, 0.2) is 6.07 Å². The summed E-state index contributed by atoms with van der Waals surface area (Å²) in [4.78, 5) is 5.02. The van der Waals surface area contributed by atoms with Gasteiger partial charge in [-0.2, -0.15) is 0 Å². The van der Waals surface area contributed by atoms with Crippen LogP contribution in [-0.2, 0) is 21.8 Å². The standard InChI is InChI=1S/C14H23NO2S2/c1-11-12(9-13(18-11)14(2,3)4)10-15-5-7-19(16,17)8-6-15/h9H,5-8,10H2,1-4H3. The molecule has 0 aromatic carbocycles. The van der Waals surface area contributed by atoms with Crippen molar-refractivity contribution in [2.75, 3.05) is 24.6 Å². The van der Waals surface area contributed by atoms with Crippen LogP contribution in [-0.4, -0.2) is 37.9 Å². The molecule has 0 unspecified atom stereocenters.